The molecule has 0 aliphatic heterocycles. The average Bonchev–Trinajstić information content (AvgIpc) is 3.96. The van der Waals surface area contributed by atoms with Crippen molar-refractivity contribution >= 4 is 43.6 Å². The Morgan fingerprint density at radius 3 is 1.19 bits per heavy atom. The van der Waals surface area contributed by atoms with Crippen LogP contribution in [0.4, 0.5) is 0 Å². The summed E-state index contributed by atoms with van der Waals surface area (Å²) in [6.07, 6.45) is 0. The molecule has 0 aliphatic carbocycles. The van der Waals surface area contributed by atoms with Crippen LogP contribution >= 0.6 is 0 Å². The highest BCUT2D eigenvalue weighted by atomic mass is 15.0. The van der Waals surface area contributed by atoms with Gasteiger partial charge in [0.05, 0.1) is 103 Å². The van der Waals surface area contributed by atoms with E-state index in [1.54, 1.807) is 36.4 Å². The maximum absolute atomic E-state index is 11.1. The van der Waals surface area contributed by atoms with Gasteiger partial charge in [0.2, 0.25) is 0 Å². The quantitative estimate of drug-likeness (QED) is 0.156. The summed E-state index contributed by atoms with van der Waals surface area (Å²) in [7, 11) is 0. The Morgan fingerprint density at radius 1 is 0.278 bits per heavy atom. The largest absolute Gasteiger partial charge is 0.308 e. The predicted octanol–water partition coefficient (Wildman–Crippen LogP) is 15.0. The van der Waals surface area contributed by atoms with E-state index in [1.165, 1.54) is 0 Å². The van der Waals surface area contributed by atoms with E-state index in [0.29, 0.717) is 44.9 Å². The molecule has 0 saturated carbocycles. The van der Waals surface area contributed by atoms with Crippen molar-refractivity contribution in [1.29, 1.82) is 26.3 Å². The molecule has 3 aromatic heterocycles. The van der Waals surface area contributed by atoms with Gasteiger partial charge in [0, 0.05) is 32.7 Å². The zero-order valence-electron chi connectivity index (χ0n) is 38.2. The highest BCUT2D eigenvalue weighted by molar-refractivity contribution is 6.13. The van der Waals surface area contributed by atoms with Gasteiger partial charge < -0.3 is 9.13 Å². The maximum Gasteiger partial charge on any atom is 0.0993 e. The van der Waals surface area contributed by atoms with Crippen LogP contribution in [0, 0.1) is 56.7 Å². The molecule has 12 rings (SSSR count). The van der Waals surface area contributed by atoms with E-state index in [-0.39, 0.29) is 0 Å². The fourth-order valence-electron chi connectivity index (χ4n) is 10.2. The third-order valence-electron chi connectivity index (χ3n) is 13.4. The third-order valence-corrected chi connectivity index (χ3v) is 13.4. The molecule has 0 bridgehead atoms. The van der Waals surface area contributed by atoms with Crippen LogP contribution in [0.25, 0.3) is 111 Å². The first kappa shape index (κ1) is 42.5. The van der Waals surface area contributed by atoms with Gasteiger partial charge in [-0.15, -0.1) is 0 Å². The summed E-state index contributed by atoms with van der Waals surface area (Å²) in [6, 6.07) is 79.1. The topological polar surface area (TPSA) is 142 Å². The van der Waals surface area contributed by atoms with Gasteiger partial charge in [0.1, 0.15) is 0 Å². The molecule has 0 atom stereocenters. The van der Waals surface area contributed by atoms with Crippen LogP contribution in [-0.2, 0) is 0 Å². The van der Waals surface area contributed by atoms with E-state index >= 15 is 0 Å². The summed E-state index contributed by atoms with van der Waals surface area (Å²) < 4.78 is 4.40. The van der Waals surface area contributed by atoms with Crippen LogP contribution in [0.15, 0.2) is 206 Å². The van der Waals surface area contributed by atoms with Crippen LogP contribution in [-0.4, -0.2) is 14.1 Å². The molecule has 0 fully saturated rings. The standard InChI is InChI=1S/C64H34N8/c65-35-40-24-41(36-66)27-50(26-40)47-20-22-54-52-14-4-6-18-58(52)71(60(54)33-47)62-30-44(39-69)31-63(64(62)57-17-9-16-56(70-57)49-13-8-12-46(32-49)45-10-2-1-3-11-45)72-59-19-7-5-15-53(59)55-23-21-48(34-61(55)72)51-28-42(37-67)25-43(29-51)38-68/h1-34H. The van der Waals surface area contributed by atoms with Gasteiger partial charge in [-0.3, -0.25) is 0 Å². The van der Waals surface area contributed by atoms with Crippen molar-refractivity contribution in [2.75, 3.05) is 0 Å². The summed E-state index contributed by atoms with van der Waals surface area (Å²) in [5.41, 5.74) is 15.2. The summed E-state index contributed by atoms with van der Waals surface area (Å²) in [5.74, 6) is 0. The molecule has 3 heterocycles. The van der Waals surface area contributed by atoms with Crippen molar-refractivity contribution in [3.05, 3.63) is 234 Å². The third kappa shape index (κ3) is 7.17. The maximum atomic E-state index is 11.1. The first-order valence-electron chi connectivity index (χ1n) is 23.1. The summed E-state index contributed by atoms with van der Waals surface area (Å²) in [6.45, 7) is 0. The smallest absolute Gasteiger partial charge is 0.0993 e. The molecule has 12 aromatic rings. The van der Waals surface area contributed by atoms with E-state index in [0.717, 1.165) is 93.8 Å². The molecular weight excluding hydrogens is 881 g/mol. The number of para-hydroxylation sites is 2. The number of benzene rings is 9. The summed E-state index contributed by atoms with van der Waals surface area (Å²) in [4.78, 5) is 5.54. The van der Waals surface area contributed by atoms with Gasteiger partial charge in [-0.1, -0.05) is 115 Å². The molecule has 0 spiro atoms. The lowest BCUT2D eigenvalue weighted by Crippen LogP contribution is -2.06. The first-order valence-corrected chi connectivity index (χ1v) is 23.1. The molecule has 9 aromatic carbocycles. The number of rotatable bonds is 7. The second-order valence-corrected chi connectivity index (χ2v) is 17.6. The number of hydrogen-bond donors (Lipinski definition) is 0. The molecule has 0 N–H and O–H groups in total. The zero-order valence-corrected chi connectivity index (χ0v) is 38.2. The second-order valence-electron chi connectivity index (χ2n) is 17.6. The van der Waals surface area contributed by atoms with Gasteiger partial charge in [0.15, 0.2) is 0 Å². The monoisotopic (exact) mass is 914 g/mol. The molecule has 0 aliphatic rings. The van der Waals surface area contributed by atoms with E-state index < -0.39 is 0 Å². The lowest BCUT2D eigenvalue weighted by atomic mass is 9.98. The Bertz CT molecular complexity index is 4180. The van der Waals surface area contributed by atoms with Crippen LogP contribution in [0.2, 0.25) is 0 Å². The van der Waals surface area contributed by atoms with Crippen LogP contribution in [0.5, 0.6) is 0 Å². The van der Waals surface area contributed by atoms with Crippen LogP contribution in [0.3, 0.4) is 0 Å². The first-order chi connectivity index (χ1) is 35.4. The normalized spacial score (nSPS) is 11.0. The number of hydrogen-bond acceptors (Lipinski definition) is 6. The molecule has 8 nitrogen and oxygen atoms in total. The molecule has 0 radical (unpaired) electrons. The van der Waals surface area contributed by atoms with Crippen molar-refractivity contribution in [2.45, 2.75) is 0 Å². The SMILES string of the molecule is N#Cc1cc(C#N)cc(-c2ccc3c4ccccc4n(-c4cc(C#N)cc(-n5c6ccccc6c6ccc(-c7cc(C#N)cc(C#N)c7)cc65)c4-c4cccc(-c5cccc(-c6ccccc6)c5)n4)c3c2)c1. The predicted molar refractivity (Wildman–Crippen MR) is 284 cm³/mol. The van der Waals surface area contributed by atoms with Gasteiger partial charge >= 0.3 is 0 Å². The lowest BCUT2D eigenvalue weighted by molar-refractivity contribution is 1.12. The average molecular weight is 915 g/mol. The van der Waals surface area contributed by atoms with E-state index in [9.17, 15) is 26.3 Å². The number of nitriles is 5. The Kier molecular flexibility index (Phi) is 10.3. The van der Waals surface area contributed by atoms with Gasteiger partial charge in [0.25, 0.3) is 0 Å². The highest BCUT2D eigenvalue weighted by Crippen LogP contribution is 2.44. The minimum atomic E-state index is 0.385. The Morgan fingerprint density at radius 2 is 0.681 bits per heavy atom. The van der Waals surface area contributed by atoms with Gasteiger partial charge in [-0.2, -0.15) is 26.3 Å². The Balaban J connectivity index is 1.20. The molecule has 0 unspecified atom stereocenters. The molecule has 330 valence electrons. The van der Waals surface area contributed by atoms with Crippen molar-refractivity contribution in [1.82, 2.24) is 14.1 Å². The molecule has 72 heavy (non-hydrogen) atoms. The minimum Gasteiger partial charge on any atom is -0.308 e. The molecule has 0 saturated heterocycles. The number of pyridine rings is 1. The van der Waals surface area contributed by atoms with Crippen LogP contribution < -0.4 is 0 Å². The van der Waals surface area contributed by atoms with Crippen molar-refractivity contribution in [3.8, 4) is 97.6 Å². The number of fused-ring (bicyclic) bond motifs is 6. The molecule has 8 heteroatoms. The van der Waals surface area contributed by atoms with E-state index in [1.807, 2.05) is 91.0 Å². The second kappa shape index (κ2) is 17.4. The number of nitrogens with zero attached hydrogens (tertiary/aromatic N) is 8. The highest BCUT2D eigenvalue weighted by Gasteiger charge is 2.25. The van der Waals surface area contributed by atoms with Crippen molar-refractivity contribution in [3.63, 3.8) is 0 Å². The van der Waals surface area contributed by atoms with E-state index in [4.69, 9.17) is 4.98 Å². The van der Waals surface area contributed by atoms with Crippen LogP contribution in [0.1, 0.15) is 27.8 Å². The van der Waals surface area contributed by atoms with Gasteiger partial charge in [-0.05, 0) is 124 Å². The Hall–Kier alpha value is -10.8. The summed E-state index contributed by atoms with van der Waals surface area (Å²) >= 11 is 0. The Labute approximate surface area is 413 Å². The fraction of sp³-hybridized carbons (Fsp3) is 0. The number of aromatic nitrogens is 3. The molecule has 0 amide bonds. The van der Waals surface area contributed by atoms with Gasteiger partial charge in [-0.25, -0.2) is 4.98 Å². The van der Waals surface area contributed by atoms with Crippen molar-refractivity contribution in [2.24, 2.45) is 0 Å². The zero-order chi connectivity index (χ0) is 48.9. The fourth-order valence-corrected chi connectivity index (χ4v) is 10.2. The van der Waals surface area contributed by atoms with Crippen molar-refractivity contribution < 1.29 is 0 Å². The lowest BCUT2D eigenvalue weighted by Gasteiger charge is -2.21. The molecular formula is C64H34N8. The summed E-state index contributed by atoms with van der Waals surface area (Å²) in [5, 5.41) is 54.9. The van der Waals surface area contributed by atoms with E-state index in [2.05, 4.69) is 118 Å². The minimum absolute atomic E-state index is 0.385.